The highest BCUT2D eigenvalue weighted by Gasteiger charge is 2.33. The van der Waals surface area contributed by atoms with Gasteiger partial charge >= 0.3 is 0 Å². The zero-order chi connectivity index (χ0) is 13.9. The van der Waals surface area contributed by atoms with Crippen molar-refractivity contribution in [2.24, 2.45) is 17.1 Å². The second-order valence-electron chi connectivity index (χ2n) is 6.89. The van der Waals surface area contributed by atoms with Gasteiger partial charge in [-0.15, -0.1) is 0 Å². The molecule has 106 valence electrons. The molecule has 0 amide bonds. The van der Waals surface area contributed by atoms with Gasteiger partial charge < -0.3 is 10.6 Å². The van der Waals surface area contributed by atoms with Gasteiger partial charge in [-0.25, -0.2) is 0 Å². The Labute approximate surface area is 117 Å². The Morgan fingerprint density at radius 2 is 2.26 bits per heavy atom. The molecular weight excluding hydrogens is 234 g/mol. The van der Waals surface area contributed by atoms with Crippen LogP contribution in [0.25, 0.3) is 0 Å². The second-order valence-corrected chi connectivity index (χ2v) is 6.89. The number of rotatable bonds is 4. The molecule has 2 unspecified atom stereocenters. The fourth-order valence-electron chi connectivity index (χ4n) is 3.22. The molecule has 1 saturated carbocycles. The lowest BCUT2D eigenvalue weighted by Gasteiger charge is -2.40. The van der Waals surface area contributed by atoms with E-state index < -0.39 is 0 Å². The van der Waals surface area contributed by atoms with Crippen molar-refractivity contribution in [3.8, 4) is 0 Å². The summed E-state index contributed by atoms with van der Waals surface area (Å²) in [6, 6.07) is 4.50. The molecule has 0 aliphatic heterocycles. The zero-order valence-corrected chi connectivity index (χ0v) is 12.5. The maximum Gasteiger partial charge on any atom is 0.0312 e. The summed E-state index contributed by atoms with van der Waals surface area (Å²) < 4.78 is 0. The minimum absolute atomic E-state index is 0.365. The largest absolute Gasteiger partial charge is 0.327 e. The van der Waals surface area contributed by atoms with Crippen LogP contribution in [0, 0.1) is 11.3 Å². The normalized spacial score (nSPS) is 26.6. The molecular formula is C16H27N3. The van der Waals surface area contributed by atoms with Crippen LogP contribution in [0.5, 0.6) is 0 Å². The summed E-state index contributed by atoms with van der Waals surface area (Å²) in [6.45, 7) is 6.77. The van der Waals surface area contributed by atoms with Crippen LogP contribution >= 0.6 is 0 Å². The highest BCUT2D eigenvalue weighted by atomic mass is 15.1. The lowest BCUT2D eigenvalue weighted by atomic mass is 9.70. The Kier molecular flexibility index (Phi) is 4.58. The molecule has 2 N–H and O–H groups in total. The first-order chi connectivity index (χ1) is 8.96. The third kappa shape index (κ3) is 4.29. The van der Waals surface area contributed by atoms with Gasteiger partial charge in [-0.1, -0.05) is 19.9 Å². The predicted molar refractivity (Wildman–Crippen MR) is 79.7 cm³/mol. The topological polar surface area (TPSA) is 42.2 Å². The fourth-order valence-corrected chi connectivity index (χ4v) is 3.22. The SMILES string of the molecule is CN(Cc1cccnc1)CC1CC(C)(C)CCC1N. The monoisotopic (exact) mass is 261 g/mol. The lowest BCUT2D eigenvalue weighted by molar-refractivity contribution is 0.122. The highest BCUT2D eigenvalue weighted by molar-refractivity contribution is 5.08. The van der Waals surface area contributed by atoms with E-state index in [4.69, 9.17) is 5.73 Å². The number of nitrogens with two attached hydrogens (primary N) is 1. The van der Waals surface area contributed by atoms with Gasteiger partial charge in [0.2, 0.25) is 0 Å². The summed E-state index contributed by atoms with van der Waals surface area (Å²) in [4.78, 5) is 6.55. The molecule has 0 radical (unpaired) electrons. The van der Waals surface area contributed by atoms with E-state index in [1.807, 2.05) is 18.5 Å². The molecule has 2 rings (SSSR count). The Morgan fingerprint density at radius 3 is 2.95 bits per heavy atom. The Morgan fingerprint density at radius 1 is 1.47 bits per heavy atom. The van der Waals surface area contributed by atoms with Gasteiger partial charge in [0.25, 0.3) is 0 Å². The molecule has 0 bridgehead atoms. The smallest absolute Gasteiger partial charge is 0.0312 e. The third-order valence-electron chi connectivity index (χ3n) is 4.30. The van der Waals surface area contributed by atoms with Crippen molar-refractivity contribution in [2.45, 2.75) is 45.7 Å². The van der Waals surface area contributed by atoms with Crippen LogP contribution in [0.15, 0.2) is 24.5 Å². The first-order valence-electron chi connectivity index (χ1n) is 7.29. The first kappa shape index (κ1) is 14.5. The molecule has 3 heteroatoms. The van der Waals surface area contributed by atoms with Crippen molar-refractivity contribution in [2.75, 3.05) is 13.6 Å². The number of hydrogen-bond donors (Lipinski definition) is 1. The van der Waals surface area contributed by atoms with Crippen LogP contribution < -0.4 is 5.73 Å². The number of aromatic nitrogens is 1. The Balaban J connectivity index is 1.89. The highest BCUT2D eigenvalue weighted by Crippen LogP contribution is 2.38. The molecule has 1 heterocycles. The van der Waals surface area contributed by atoms with Crippen molar-refractivity contribution >= 4 is 0 Å². The minimum Gasteiger partial charge on any atom is -0.327 e. The Hall–Kier alpha value is -0.930. The minimum atomic E-state index is 0.365. The van der Waals surface area contributed by atoms with E-state index >= 15 is 0 Å². The van der Waals surface area contributed by atoms with E-state index in [1.54, 1.807) is 0 Å². The molecule has 1 fully saturated rings. The van der Waals surface area contributed by atoms with E-state index in [1.165, 1.54) is 24.8 Å². The summed E-state index contributed by atoms with van der Waals surface area (Å²) in [5.41, 5.74) is 8.03. The molecule has 0 spiro atoms. The molecule has 0 saturated heterocycles. The standard InChI is InChI=1S/C16H27N3/c1-16(2)7-6-15(17)14(9-16)12-19(3)11-13-5-4-8-18-10-13/h4-5,8,10,14-15H,6-7,9,11-12,17H2,1-3H3. The van der Waals surface area contributed by atoms with Crippen LogP contribution in [0.2, 0.25) is 0 Å². The predicted octanol–water partition coefficient (Wildman–Crippen LogP) is 2.67. The summed E-state index contributed by atoms with van der Waals surface area (Å²) in [7, 11) is 2.18. The van der Waals surface area contributed by atoms with Gasteiger partial charge in [0.15, 0.2) is 0 Å². The van der Waals surface area contributed by atoms with Crippen molar-refractivity contribution in [3.05, 3.63) is 30.1 Å². The Bertz CT molecular complexity index is 388. The van der Waals surface area contributed by atoms with Gasteiger partial charge in [0.1, 0.15) is 0 Å². The molecule has 1 aromatic heterocycles. The first-order valence-corrected chi connectivity index (χ1v) is 7.29. The van der Waals surface area contributed by atoms with Crippen LogP contribution in [0.4, 0.5) is 0 Å². The molecule has 1 aliphatic rings. The zero-order valence-electron chi connectivity index (χ0n) is 12.5. The van der Waals surface area contributed by atoms with Crippen LogP contribution in [-0.2, 0) is 6.54 Å². The summed E-state index contributed by atoms with van der Waals surface area (Å²) in [6.07, 6.45) is 7.44. The maximum atomic E-state index is 6.30. The van der Waals surface area contributed by atoms with Crippen molar-refractivity contribution in [1.29, 1.82) is 0 Å². The van der Waals surface area contributed by atoms with Gasteiger partial charge in [0, 0.05) is 31.5 Å². The number of pyridine rings is 1. The summed E-state index contributed by atoms with van der Waals surface area (Å²) in [5.74, 6) is 0.616. The van der Waals surface area contributed by atoms with Crippen LogP contribution in [0.3, 0.4) is 0 Å². The summed E-state index contributed by atoms with van der Waals surface area (Å²) >= 11 is 0. The fraction of sp³-hybridized carbons (Fsp3) is 0.688. The summed E-state index contributed by atoms with van der Waals surface area (Å²) in [5, 5.41) is 0. The van der Waals surface area contributed by atoms with Gasteiger partial charge in [-0.2, -0.15) is 0 Å². The van der Waals surface area contributed by atoms with E-state index in [0.29, 0.717) is 17.4 Å². The molecule has 0 aromatic carbocycles. The van der Waals surface area contributed by atoms with E-state index in [9.17, 15) is 0 Å². The van der Waals surface area contributed by atoms with Crippen molar-refractivity contribution < 1.29 is 0 Å². The van der Waals surface area contributed by atoms with E-state index in [-0.39, 0.29) is 0 Å². The number of nitrogens with zero attached hydrogens (tertiary/aromatic N) is 2. The van der Waals surface area contributed by atoms with Crippen molar-refractivity contribution in [3.63, 3.8) is 0 Å². The quantitative estimate of drug-likeness (QED) is 0.906. The van der Waals surface area contributed by atoms with E-state index in [0.717, 1.165) is 13.1 Å². The molecule has 1 aliphatic carbocycles. The number of hydrogen-bond acceptors (Lipinski definition) is 3. The van der Waals surface area contributed by atoms with E-state index in [2.05, 4.69) is 36.8 Å². The van der Waals surface area contributed by atoms with Crippen molar-refractivity contribution in [1.82, 2.24) is 9.88 Å². The maximum absolute atomic E-state index is 6.30. The van der Waals surface area contributed by atoms with Gasteiger partial charge in [-0.3, -0.25) is 4.98 Å². The van der Waals surface area contributed by atoms with Gasteiger partial charge in [0.05, 0.1) is 0 Å². The van der Waals surface area contributed by atoms with Gasteiger partial charge in [-0.05, 0) is 49.3 Å². The van der Waals surface area contributed by atoms with Crippen LogP contribution in [0.1, 0.15) is 38.7 Å². The molecule has 1 aromatic rings. The average Bonchev–Trinajstić information content (AvgIpc) is 2.35. The third-order valence-corrected chi connectivity index (χ3v) is 4.30. The molecule has 19 heavy (non-hydrogen) atoms. The lowest BCUT2D eigenvalue weighted by Crippen LogP contribution is -2.44. The second kappa shape index (κ2) is 6.02. The van der Waals surface area contributed by atoms with Crippen LogP contribution in [-0.4, -0.2) is 29.5 Å². The molecule has 3 nitrogen and oxygen atoms in total. The molecule has 2 atom stereocenters. The average molecular weight is 261 g/mol.